The molecular formula is C14H18N4O3. The first kappa shape index (κ1) is 13.8. The van der Waals surface area contributed by atoms with Crippen molar-refractivity contribution in [1.82, 2.24) is 10.2 Å². The van der Waals surface area contributed by atoms with Crippen LogP contribution in [0.2, 0.25) is 0 Å². The molecule has 0 spiro atoms. The predicted octanol–water partition coefficient (Wildman–Crippen LogP) is 1.62. The number of fused-ring (bicyclic) bond motifs is 1. The van der Waals surface area contributed by atoms with Crippen LogP contribution in [-0.4, -0.2) is 35.4 Å². The molecule has 2 aliphatic heterocycles. The molecule has 0 aliphatic carbocycles. The summed E-state index contributed by atoms with van der Waals surface area (Å²) in [6.07, 6.45) is 2.71. The van der Waals surface area contributed by atoms with Crippen LogP contribution in [0.5, 0.6) is 0 Å². The molecule has 21 heavy (non-hydrogen) atoms. The molecule has 112 valence electrons. The highest BCUT2D eigenvalue weighted by Gasteiger charge is 2.41. The Bertz CT molecular complexity index is 590. The Labute approximate surface area is 122 Å². The fourth-order valence-corrected chi connectivity index (χ4v) is 3.21. The van der Waals surface area contributed by atoms with E-state index in [1.54, 1.807) is 19.2 Å². The second kappa shape index (κ2) is 5.33. The zero-order valence-electron chi connectivity index (χ0n) is 11.8. The molecule has 1 aromatic rings. The van der Waals surface area contributed by atoms with E-state index in [-0.39, 0.29) is 23.8 Å². The fraction of sp³-hybridized carbons (Fsp3) is 0.500. The molecular weight excluding hydrogens is 272 g/mol. The molecule has 2 aliphatic rings. The average molecular weight is 290 g/mol. The van der Waals surface area contributed by atoms with Crippen LogP contribution in [0.3, 0.4) is 0 Å². The molecule has 1 aromatic carbocycles. The number of nitro benzene ring substituents is 1. The summed E-state index contributed by atoms with van der Waals surface area (Å²) >= 11 is 0. The minimum Gasteiger partial charge on any atom is -0.383 e. The van der Waals surface area contributed by atoms with Gasteiger partial charge in [0, 0.05) is 19.7 Å². The molecule has 0 bridgehead atoms. The predicted molar refractivity (Wildman–Crippen MR) is 77.9 cm³/mol. The second-order valence-corrected chi connectivity index (χ2v) is 5.44. The Morgan fingerprint density at radius 3 is 2.95 bits per heavy atom. The van der Waals surface area contributed by atoms with E-state index in [1.165, 1.54) is 0 Å². The number of hydrogen-bond acceptors (Lipinski definition) is 5. The molecule has 2 atom stereocenters. The fourth-order valence-electron chi connectivity index (χ4n) is 3.21. The Hall–Kier alpha value is -2.15. The third kappa shape index (κ3) is 2.33. The molecule has 7 nitrogen and oxygen atoms in total. The van der Waals surface area contributed by atoms with Crippen molar-refractivity contribution in [2.24, 2.45) is 0 Å². The number of anilines is 1. The van der Waals surface area contributed by atoms with Crippen LogP contribution < -0.4 is 10.6 Å². The lowest BCUT2D eigenvalue weighted by molar-refractivity contribution is -0.384. The number of nitrogens with one attached hydrogen (secondary N) is 2. The lowest BCUT2D eigenvalue weighted by Gasteiger charge is -2.31. The third-order valence-corrected chi connectivity index (χ3v) is 4.26. The van der Waals surface area contributed by atoms with Crippen molar-refractivity contribution in [3.63, 3.8) is 0 Å². The molecule has 0 unspecified atom stereocenters. The van der Waals surface area contributed by atoms with Gasteiger partial charge in [-0.15, -0.1) is 0 Å². The van der Waals surface area contributed by atoms with Gasteiger partial charge in [-0.2, -0.15) is 0 Å². The summed E-state index contributed by atoms with van der Waals surface area (Å²) in [6.45, 7) is 0.843. The van der Waals surface area contributed by atoms with Crippen molar-refractivity contribution in [3.05, 3.63) is 33.9 Å². The Balaban J connectivity index is 1.95. The monoisotopic (exact) mass is 290 g/mol. The molecule has 0 radical (unpaired) electrons. The van der Waals surface area contributed by atoms with Gasteiger partial charge in [0.2, 0.25) is 5.91 Å². The zero-order valence-corrected chi connectivity index (χ0v) is 11.8. The standard InChI is InChI=1S/C14H18N4O3/c1-15-10-6-5-9(8-12(10)18(20)21)13-16-14(19)11-4-2-3-7-17(11)13/h5-6,8,11,13,15H,2-4,7H2,1H3,(H,16,19)/t11-,13-/m0/s1. The summed E-state index contributed by atoms with van der Waals surface area (Å²) in [5, 5.41) is 16.9. The molecule has 0 aromatic heterocycles. The zero-order chi connectivity index (χ0) is 15.0. The number of amides is 1. The third-order valence-electron chi connectivity index (χ3n) is 4.26. The van der Waals surface area contributed by atoms with Gasteiger partial charge in [0.25, 0.3) is 5.69 Å². The number of benzene rings is 1. The van der Waals surface area contributed by atoms with E-state index in [0.717, 1.165) is 31.4 Å². The van der Waals surface area contributed by atoms with Crippen molar-refractivity contribution in [3.8, 4) is 0 Å². The van der Waals surface area contributed by atoms with Gasteiger partial charge >= 0.3 is 0 Å². The first-order valence-electron chi connectivity index (χ1n) is 7.14. The molecule has 7 heteroatoms. The highest BCUT2D eigenvalue weighted by molar-refractivity contribution is 5.84. The summed E-state index contributed by atoms with van der Waals surface area (Å²) in [6, 6.07) is 4.98. The largest absolute Gasteiger partial charge is 0.383 e. The van der Waals surface area contributed by atoms with Crippen LogP contribution in [0.4, 0.5) is 11.4 Å². The average Bonchev–Trinajstić information content (AvgIpc) is 2.84. The molecule has 1 amide bonds. The minimum absolute atomic E-state index is 0.0278. The van der Waals surface area contributed by atoms with Crippen LogP contribution >= 0.6 is 0 Å². The number of nitro groups is 1. The summed E-state index contributed by atoms with van der Waals surface area (Å²) < 4.78 is 0. The van der Waals surface area contributed by atoms with Gasteiger partial charge in [0.15, 0.2) is 0 Å². The maximum Gasteiger partial charge on any atom is 0.292 e. The van der Waals surface area contributed by atoms with E-state index in [9.17, 15) is 14.9 Å². The summed E-state index contributed by atoms with van der Waals surface area (Å²) in [4.78, 5) is 24.9. The van der Waals surface area contributed by atoms with Crippen molar-refractivity contribution < 1.29 is 9.72 Å². The Kier molecular flexibility index (Phi) is 3.50. The lowest BCUT2D eigenvalue weighted by atomic mass is 10.0. The van der Waals surface area contributed by atoms with E-state index in [1.807, 2.05) is 6.07 Å². The van der Waals surface area contributed by atoms with Crippen molar-refractivity contribution in [1.29, 1.82) is 0 Å². The van der Waals surface area contributed by atoms with Crippen molar-refractivity contribution >= 4 is 17.3 Å². The molecule has 2 fully saturated rings. The molecule has 2 N–H and O–H groups in total. The van der Waals surface area contributed by atoms with E-state index in [4.69, 9.17) is 0 Å². The van der Waals surface area contributed by atoms with Crippen molar-refractivity contribution in [2.45, 2.75) is 31.5 Å². The number of piperidine rings is 1. The number of carbonyl (C=O) groups is 1. The minimum atomic E-state index is -0.403. The van der Waals surface area contributed by atoms with Crippen LogP contribution in [0.25, 0.3) is 0 Å². The first-order valence-corrected chi connectivity index (χ1v) is 7.14. The molecule has 0 saturated carbocycles. The normalized spacial score (nSPS) is 25.3. The van der Waals surface area contributed by atoms with Gasteiger partial charge < -0.3 is 10.6 Å². The Morgan fingerprint density at radius 2 is 2.24 bits per heavy atom. The number of nitrogens with zero attached hydrogens (tertiary/aromatic N) is 2. The maximum atomic E-state index is 12.0. The lowest BCUT2D eigenvalue weighted by Crippen LogP contribution is -2.38. The second-order valence-electron chi connectivity index (χ2n) is 5.44. The Morgan fingerprint density at radius 1 is 1.43 bits per heavy atom. The van der Waals surface area contributed by atoms with E-state index < -0.39 is 4.92 Å². The SMILES string of the molecule is CNc1ccc([C@H]2NC(=O)[C@@H]3CCCCN23)cc1[N+](=O)[O-]. The van der Waals surface area contributed by atoms with Gasteiger partial charge in [-0.25, -0.2) is 0 Å². The van der Waals surface area contributed by atoms with Crippen molar-refractivity contribution in [2.75, 3.05) is 18.9 Å². The van der Waals surface area contributed by atoms with Crippen LogP contribution in [0.15, 0.2) is 18.2 Å². The van der Waals surface area contributed by atoms with Gasteiger partial charge in [0.05, 0.1) is 11.0 Å². The van der Waals surface area contributed by atoms with Gasteiger partial charge in [0.1, 0.15) is 11.9 Å². The van der Waals surface area contributed by atoms with E-state index >= 15 is 0 Å². The number of hydrogen-bond donors (Lipinski definition) is 2. The first-order chi connectivity index (χ1) is 10.1. The van der Waals surface area contributed by atoms with Crippen LogP contribution in [0, 0.1) is 10.1 Å². The topological polar surface area (TPSA) is 87.5 Å². The smallest absolute Gasteiger partial charge is 0.292 e. The molecule has 2 heterocycles. The highest BCUT2D eigenvalue weighted by atomic mass is 16.6. The van der Waals surface area contributed by atoms with Crippen LogP contribution in [-0.2, 0) is 4.79 Å². The number of carbonyl (C=O) groups excluding carboxylic acids is 1. The summed E-state index contributed by atoms with van der Waals surface area (Å²) in [5.41, 5.74) is 1.27. The van der Waals surface area contributed by atoms with Gasteiger partial charge in [-0.1, -0.05) is 12.5 Å². The van der Waals surface area contributed by atoms with Crippen LogP contribution in [0.1, 0.15) is 31.0 Å². The van der Waals surface area contributed by atoms with Gasteiger partial charge in [-0.3, -0.25) is 19.8 Å². The molecule has 3 rings (SSSR count). The summed E-state index contributed by atoms with van der Waals surface area (Å²) in [7, 11) is 1.65. The van der Waals surface area contributed by atoms with E-state index in [2.05, 4.69) is 15.5 Å². The number of rotatable bonds is 3. The maximum absolute atomic E-state index is 12.0. The van der Waals surface area contributed by atoms with E-state index in [0.29, 0.717) is 5.69 Å². The molecule has 2 saturated heterocycles. The highest BCUT2D eigenvalue weighted by Crippen LogP contribution is 2.35. The quantitative estimate of drug-likeness (QED) is 0.652. The summed E-state index contributed by atoms with van der Waals surface area (Å²) in [5.74, 6) is 0.0278. The van der Waals surface area contributed by atoms with Gasteiger partial charge in [-0.05, 0) is 24.5 Å².